The van der Waals surface area contributed by atoms with E-state index in [2.05, 4.69) is 4.90 Å². The third kappa shape index (κ3) is 6.12. The molecule has 0 bridgehead atoms. The summed E-state index contributed by atoms with van der Waals surface area (Å²) in [6.45, 7) is 3.68. The average Bonchev–Trinajstić information content (AvgIpc) is 2.89. The Balaban J connectivity index is 1.72. The van der Waals surface area contributed by atoms with Gasteiger partial charge in [-0.15, -0.1) is 0 Å². The molecule has 8 heteroatoms. The van der Waals surface area contributed by atoms with Crippen LogP contribution in [0, 0.1) is 17.5 Å². The van der Waals surface area contributed by atoms with Crippen molar-refractivity contribution < 1.29 is 22.8 Å². The van der Waals surface area contributed by atoms with E-state index in [1.807, 2.05) is 30.3 Å². The standard InChI is InChI=1S/C28H28F3N3O2/c1-20(35)34-12-6-11-32(18-21-7-3-2-4-8-21)13-14-33(28(36)22-9-5-10-24(29)15-22)19-23-16-25(30)26(31)17-27(23)34/h2-5,7-10,15-17H,6,11-14,18-19H2,1H3. The Morgan fingerprint density at radius 3 is 2.31 bits per heavy atom. The quantitative estimate of drug-likeness (QED) is 0.514. The number of anilines is 1. The van der Waals surface area contributed by atoms with Gasteiger partial charge in [0.2, 0.25) is 5.91 Å². The fourth-order valence-electron chi connectivity index (χ4n) is 4.49. The first-order chi connectivity index (χ1) is 17.3. The van der Waals surface area contributed by atoms with Crippen molar-refractivity contribution in [3.05, 3.63) is 101 Å². The normalized spacial score (nSPS) is 15.2. The van der Waals surface area contributed by atoms with Crippen LogP contribution in [-0.4, -0.2) is 47.8 Å². The molecule has 0 fully saturated rings. The zero-order chi connectivity index (χ0) is 25.7. The Morgan fingerprint density at radius 1 is 0.833 bits per heavy atom. The molecular weight excluding hydrogens is 467 g/mol. The molecule has 0 saturated heterocycles. The zero-order valence-corrected chi connectivity index (χ0v) is 20.1. The van der Waals surface area contributed by atoms with Crippen LogP contribution in [0.25, 0.3) is 0 Å². The maximum atomic E-state index is 14.3. The molecule has 0 spiro atoms. The summed E-state index contributed by atoms with van der Waals surface area (Å²) in [6, 6.07) is 17.3. The number of halogens is 3. The van der Waals surface area contributed by atoms with Gasteiger partial charge in [0, 0.05) is 57.8 Å². The van der Waals surface area contributed by atoms with E-state index in [1.165, 1.54) is 34.9 Å². The number of carbonyl (C=O) groups excluding carboxylic acids is 2. The van der Waals surface area contributed by atoms with E-state index in [9.17, 15) is 22.8 Å². The monoisotopic (exact) mass is 495 g/mol. The second kappa shape index (κ2) is 11.4. The summed E-state index contributed by atoms with van der Waals surface area (Å²) in [5.74, 6) is -3.40. The van der Waals surface area contributed by atoms with Crippen LogP contribution in [0.1, 0.15) is 34.8 Å². The molecule has 0 unspecified atom stereocenters. The molecule has 0 N–H and O–H groups in total. The van der Waals surface area contributed by atoms with Crippen molar-refractivity contribution in [1.82, 2.24) is 9.80 Å². The van der Waals surface area contributed by atoms with Gasteiger partial charge < -0.3 is 9.80 Å². The molecule has 36 heavy (non-hydrogen) atoms. The lowest BCUT2D eigenvalue weighted by Crippen LogP contribution is -2.38. The van der Waals surface area contributed by atoms with Gasteiger partial charge in [-0.3, -0.25) is 14.5 Å². The van der Waals surface area contributed by atoms with Gasteiger partial charge in [0.25, 0.3) is 5.91 Å². The molecule has 0 saturated carbocycles. The number of rotatable bonds is 3. The van der Waals surface area contributed by atoms with E-state index in [1.54, 1.807) is 0 Å². The summed E-state index contributed by atoms with van der Waals surface area (Å²) in [4.78, 5) is 31.1. The Kier molecular flexibility index (Phi) is 8.05. The third-order valence-corrected chi connectivity index (χ3v) is 6.30. The molecular formula is C28H28F3N3O2. The van der Waals surface area contributed by atoms with Crippen LogP contribution in [0.3, 0.4) is 0 Å². The van der Waals surface area contributed by atoms with Crippen LogP contribution in [0.4, 0.5) is 18.9 Å². The zero-order valence-electron chi connectivity index (χ0n) is 20.1. The molecule has 5 nitrogen and oxygen atoms in total. The molecule has 2 amide bonds. The molecule has 4 rings (SSSR count). The smallest absolute Gasteiger partial charge is 0.254 e. The van der Waals surface area contributed by atoms with Crippen molar-refractivity contribution in [1.29, 1.82) is 0 Å². The van der Waals surface area contributed by atoms with Crippen molar-refractivity contribution in [2.45, 2.75) is 26.4 Å². The first-order valence-electron chi connectivity index (χ1n) is 11.9. The lowest BCUT2D eigenvalue weighted by Gasteiger charge is -2.28. The van der Waals surface area contributed by atoms with Crippen LogP contribution in [0.5, 0.6) is 0 Å². The summed E-state index contributed by atoms with van der Waals surface area (Å²) in [7, 11) is 0. The van der Waals surface area contributed by atoms with E-state index in [4.69, 9.17) is 0 Å². The van der Waals surface area contributed by atoms with E-state index in [0.29, 0.717) is 38.2 Å². The summed E-state index contributed by atoms with van der Waals surface area (Å²) >= 11 is 0. The molecule has 3 aromatic rings. The molecule has 1 heterocycles. The minimum Gasteiger partial charge on any atom is -0.333 e. The Labute approximate surface area is 208 Å². The third-order valence-electron chi connectivity index (χ3n) is 6.30. The van der Waals surface area contributed by atoms with Crippen LogP contribution < -0.4 is 4.90 Å². The highest BCUT2D eigenvalue weighted by Gasteiger charge is 2.25. The molecule has 1 aliphatic rings. The van der Waals surface area contributed by atoms with Crippen LogP contribution in [-0.2, 0) is 17.9 Å². The first-order valence-corrected chi connectivity index (χ1v) is 11.9. The van der Waals surface area contributed by atoms with Gasteiger partial charge in [0.05, 0.1) is 5.69 Å². The number of hydrogen-bond donors (Lipinski definition) is 0. The van der Waals surface area contributed by atoms with Crippen molar-refractivity contribution in [2.24, 2.45) is 0 Å². The first kappa shape index (κ1) is 25.4. The van der Waals surface area contributed by atoms with Gasteiger partial charge in [-0.2, -0.15) is 0 Å². The molecule has 0 aromatic heterocycles. The van der Waals surface area contributed by atoms with Crippen LogP contribution >= 0.6 is 0 Å². The van der Waals surface area contributed by atoms with Crippen molar-refractivity contribution in [2.75, 3.05) is 31.1 Å². The lowest BCUT2D eigenvalue weighted by atomic mass is 10.1. The second-order valence-electron chi connectivity index (χ2n) is 8.92. The van der Waals surface area contributed by atoms with Gasteiger partial charge in [-0.25, -0.2) is 13.2 Å². The average molecular weight is 496 g/mol. The number of benzene rings is 3. The van der Waals surface area contributed by atoms with Crippen LogP contribution in [0.15, 0.2) is 66.7 Å². The predicted octanol–water partition coefficient (Wildman–Crippen LogP) is 5.01. The minimum atomic E-state index is -1.07. The highest BCUT2D eigenvalue weighted by molar-refractivity contribution is 5.95. The van der Waals surface area contributed by atoms with E-state index < -0.39 is 23.4 Å². The molecule has 1 aliphatic heterocycles. The Bertz CT molecular complexity index is 1240. The van der Waals surface area contributed by atoms with Crippen molar-refractivity contribution >= 4 is 17.5 Å². The molecule has 0 aliphatic carbocycles. The molecule has 0 atom stereocenters. The molecule has 3 aromatic carbocycles. The highest BCUT2D eigenvalue weighted by atomic mass is 19.2. The summed E-state index contributed by atoms with van der Waals surface area (Å²) in [6.07, 6.45) is 0.600. The van der Waals surface area contributed by atoms with Crippen LogP contribution in [0.2, 0.25) is 0 Å². The number of carbonyl (C=O) groups is 2. The Hall–Kier alpha value is -3.65. The van der Waals surface area contributed by atoms with Crippen molar-refractivity contribution in [3.8, 4) is 0 Å². The fourth-order valence-corrected chi connectivity index (χ4v) is 4.49. The summed E-state index contributed by atoms with van der Waals surface area (Å²) < 4.78 is 42.4. The van der Waals surface area contributed by atoms with E-state index >= 15 is 0 Å². The largest absolute Gasteiger partial charge is 0.333 e. The van der Waals surface area contributed by atoms with Gasteiger partial charge in [-0.1, -0.05) is 36.4 Å². The second-order valence-corrected chi connectivity index (χ2v) is 8.92. The van der Waals surface area contributed by atoms with Gasteiger partial charge >= 0.3 is 0 Å². The minimum absolute atomic E-state index is 0.0646. The molecule has 0 radical (unpaired) electrons. The summed E-state index contributed by atoms with van der Waals surface area (Å²) in [5, 5.41) is 0. The predicted molar refractivity (Wildman–Crippen MR) is 132 cm³/mol. The number of hydrogen-bond acceptors (Lipinski definition) is 3. The number of amides is 2. The maximum Gasteiger partial charge on any atom is 0.254 e. The SMILES string of the molecule is CC(=O)N1CCCN(Cc2ccccc2)CCN(C(=O)c2cccc(F)c2)Cc2cc(F)c(F)cc21. The van der Waals surface area contributed by atoms with Gasteiger partial charge in [-0.05, 0) is 41.8 Å². The van der Waals surface area contributed by atoms with Gasteiger partial charge in [0.1, 0.15) is 5.82 Å². The Morgan fingerprint density at radius 2 is 1.58 bits per heavy atom. The lowest BCUT2D eigenvalue weighted by molar-refractivity contribution is -0.116. The highest BCUT2D eigenvalue weighted by Crippen LogP contribution is 2.27. The molecule has 188 valence electrons. The fraction of sp³-hybridized carbons (Fsp3) is 0.286. The number of nitrogens with zero attached hydrogens (tertiary/aromatic N) is 3. The summed E-state index contributed by atoms with van der Waals surface area (Å²) in [5.41, 5.74) is 1.80. The van der Waals surface area contributed by atoms with E-state index in [0.717, 1.165) is 23.8 Å². The van der Waals surface area contributed by atoms with E-state index in [-0.39, 0.29) is 30.2 Å². The van der Waals surface area contributed by atoms with Gasteiger partial charge in [0.15, 0.2) is 11.6 Å². The van der Waals surface area contributed by atoms with Crippen molar-refractivity contribution in [3.63, 3.8) is 0 Å². The number of fused-ring (bicyclic) bond motifs is 1. The maximum absolute atomic E-state index is 14.3. The topological polar surface area (TPSA) is 43.9 Å².